The van der Waals surface area contributed by atoms with Crippen molar-refractivity contribution in [2.24, 2.45) is 0 Å². The van der Waals surface area contributed by atoms with Crippen molar-refractivity contribution in [3.05, 3.63) is 65.0 Å². The minimum absolute atomic E-state index is 0.0612. The number of nitrogens with two attached hydrogens (primary N) is 1. The second-order valence-electron chi connectivity index (χ2n) is 4.82. The molecule has 0 amide bonds. The number of anilines is 1. The SMILES string of the molecule is CCOC(=O)C(c1ccc(N)c(F)c1)c1ccccc1C. The molecule has 0 fully saturated rings. The van der Waals surface area contributed by atoms with E-state index in [1.807, 2.05) is 31.2 Å². The van der Waals surface area contributed by atoms with E-state index in [9.17, 15) is 9.18 Å². The minimum atomic E-state index is -0.652. The molecule has 0 heterocycles. The Morgan fingerprint density at radius 1 is 1.29 bits per heavy atom. The summed E-state index contributed by atoms with van der Waals surface area (Å²) in [6.45, 7) is 3.93. The molecule has 0 spiro atoms. The van der Waals surface area contributed by atoms with Gasteiger partial charge in [-0.15, -0.1) is 0 Å². The van der Waals surface area contributed by atoms with E-state index in [0.29, 0.717) is 5.56 Å². The summed E-state index contributed by atoms with van der Waals surface area (Å²) in [5.74, 6) is -1.58. The van der Waals surface area contributed by atoms with Gasteiger partial charge in [0.1, 0.15) is 11.7 Å². The number of aryl methyl sites for hydroxylation is 1. The predicted octanol–water partition coefficient (Wildman–Crippen LogP) is 3.41. The van der Waals surface area contributed by atoms with Gasteiger partial charge in [-0.3, -0.25) is 4.79 Å². The molecule has 0 bridgehead atoms. The quantitative estimate of drug-likeness (QED) is 0.692. The third-order valence-electron chi connectivity index (χ3n) is 3.38. The van der Waals surface area contributed by atoms with Gasteiger partial charge in [-0.05, 0) is 42.7 Å². The van der Waals surface area contributed by atoms with Gasteiger partial charge >= 0.3 is 5.97 Å². The molecule has 2 aromatic carbocycles. The van der Waals surface area contributed by atoms with Crippen LogP contribution in [0.2, 0.25) is 0 Å². The third kappa shape index (κ3) is 3.21. The normalized spacial score (nSPS) is 12.0. The molecule has 21 heavy (non-hydrogen) atoms. The summed E-state index contributed by atoms with van der Waals surface area (Å²) in [5, 5.41) is 0. The highest BCUT2D eigenvalue weighted by Crippen LogP contribution is 2.30. The topological polar surface area (TPSA) is 52.3 Å². The molecule has 1 atom stereocenters. The first-order chi connectivity index (χ1) is 10.0. The predicted molar refractivity (Wildman–Crippen MR) is 80.5 cm³/mol. The van der Waals surface area contributed by atoms with Crippen LogP contribution in [0, 0.1) is 12.7 Å². The van der Waals surface area contributed by atoms with Crippen LogP contribution in [0.1, 0.15) is 29.5 Å². The number of halogens is 1. The lowest BCUT2D eigenvalue weighted by molar-refractivity contribution is -0.143. The van der Waals surface area contributed by atoms with Crippen molar-refractivity contribution < 1.29 is 13.9 Å². The summed E-state index contributed by atoms with van der Waals surface area (Å²) in [7, 11) is 0. The average molecular weight is 287 g/mol. The van der Waals surface area contributed by atoms with E-state index >= 15 is 0 Å². The van der Waals surface area contributed by atoms with Crippen molar-refractivity contribution in [3.8, 4) is 0 Å². The number of ether oxygens (including phenoxy) is 1. The Morgan fingerprint density at radius 2 is 2.00 bits per heavy atom. The number of esters is 1. The lowest BCUT2D eigenvalue weighted by Gasteiger charge is -2.19. The van der Waals surface area contributed by atoms with E-state index < -0.39 is 17.7 Å². The first-order valence-corrected chi connectivity index (χ1v) is 6.81. The maximum absolute atomic E-state index is 13.7. The lowest BCUT2D eigenvalue weighted by atomic mass is 9.88. The zero-order chi connectivity index (χ0) is 15.4. The van der Waals surface area contributed by atoms with Crippen LogP contribution in [-0.4, -0.2) is 12.6 Å². The standard InChI is InChI=1S/C17H18FNO2/c1-3-21-17(20)16(13-7-5-4-6-11(13)2)12-8-9-15(19)14(18)10-12/h4-10,16H,3,19H2,1-2H3. The zero-order valence-electron chi connectivity index (χ0n) is 12.1. The van der Waals surface area contributed by atoms with Crippen LogP contribution in [0.3, 0.4) is 0 Å². The lowest BCUT2D eigenvalue weighted by Crippen LogP contribution is -2.18. The molecule has 4 heteroatoms. The molecular formula is C17H18FNO2. The van der Waals surface area contributed by atoms with Gasteiger partial charge < -0.3 is 10.5 Å². The van der Waals surface area contributed by atoms with Gasteiger partial charge in [0.05, 0.1) is 12.3 Å². The van der Waals surface area contributed by atoms with Gasteiger partial charge in [-0.25, -0.2) is 4.39 Å². The fourth-order valence-electron chi connectivity index (χ4n) is 2.30. The molecule has 110 valence electrons. The van der Waals surface area contributed by atoms with E-state index in [4.69, 9.17) is 10.5 Å². The molecule has 3 nitrogen and oxygen atoms in total. The van der Waals surface area contributed by atoms with Crippen LogP contribution in [0.25, 0.3) is 0 Å². The summed E-state index contributed by atoms with van der Waals surface area (Å²) in [6.07, 6.45) is 0. The van der Waals surface area contributed by atoms with Crippen molar-refractivity contribution in [1.29, 1.82) is 0 Å². The molecular weight excluding hydrogens is 269 g/mol. The molecule has 1 unspecified atom stereocenters. The Hall–Kier alpha value is -2.36. The second kappa shape index (κ2) is 6.39. The number of nitrogen functional groups attached to an aromatic ring is 1. The monoisotopic (exact) mass is 287 g/mol. The van der Waals surface area contributed by atoms with E-state index in [0.717, 1.165) is 11.1 Å². The van der Waals surface area contributed by atoms with Gasteiger partial charge in [0.2, 0.25) is 0 Å². The van der Waals surface area contributed by atoms with Gasteiger partial charge in [-0.1, -0.05) is 30.3 Å². The number of hydrogen-bond acceptors (Lipinski definition) is 3. The van der Waals surface area contributed by atoms with Crippen molar-refractivity contribution in [1.82, 2.24) is 0 Å². The molecule has 2 aromatic rings. The Kier molecular flexibility index (Phi) is 4.58. The molecule has 0 saturated carbocycles. The molecule has 0 aliphatic heterocycles. The molecule has 2 rings (SSSR count). The maximum atomic E-state index is 13.7. The Bertz CT molecular complexity index is 655. The molecule has 0 aliphatic carbocycles. The first-order valence-electron chi connectivity index (χ1n) is 6.81. The minimum Gasteiger partial charge on any atom is -0.465 e. The highest BCUT2D eigenvalue weighted by Gasteiger charge is 2.26. The van der Waals surface area contributed by atoms with Crippen molar-refractivity contribution >= 4 is 11.7 Å². The van der Waals surface area contributed by atoms with Crippen LogP contribution in [0.5, 0.6) is 0 Å². The summed E-state index contributed by atoms with van der Waals surface area (Å²) >= 11 is 0. The summed E-state index contributed by atoms with van der Waals surface area (Å²) in [4.78, 5) is 12.3. The largest absolute Gasteiger partial charge is 0.465 e. The molecule has 0 aromatic heterocycles. The molecule has 2 N–H and O–H groups in total. The highest BCUT2D eigenvalue weighted by molar-refractivity contribution is 5.83. The van der Waals surface area contributed by atoms with Gasteiger partial charge in [0.25, 0.3) is 0 Å². The number of carbonyl (C=O) groups is 1. The van der Waals surface area contributed by atoms with Crippen molar-refractivity contribution in [2.75, 3.05) is 12.3 Å². The smallest absolute Gasteiger partial charge is 0.317 e. The van der Waals surface area contributed by atoms with Crippen LogP contribution in [-0.2, 0) is 9.53 Å². The number of hydrogen-bond donors (Lipinski definition) is 1. The van der Waals surface area contributed by atoms with E-state index in [1.165, 1.54) is 12.1 Å². The average Bonchev–Trinajstić information content (AvgIpc) is 2.45. The maximum Gasteiger partial charge on any atom is 0.317 e. The van der Waals surface area contributed by atoms with Crippen LogP contribution in [0.15, 0.2) is 42.5 Å². The summed E-state index contributed by atoms with van der Waals surface area (Å²) in [6, 6.07) is 11.9. The Morgan fingerprint density at radius 3 is 2.62 bits per heavy atom. The van der Waals surface area contributed by atoms with E-state index in [2.05, 4.69) is 0 Å². The van der Waals surface area contributed by atoms with E-state index in [1.54, 1.807) is 13.0 Å². The van der Waals surface area contributed by atoms with Crippen LogP contribution >= 0.6 is 0 Å². The van der Waals surface area contributed by atoms with Crippen LogP contribution in [0.4, 0.5) is 10.1 Å². The molecule has 0 radical (unpaired) electrons. The molecule has 0 aliphatic rings. The van der Waals surface area contributed by atoms with Gasteiger partial charge in [0.15, 0.2) is 0 Å². The highest BCUT2D eigenvalue weighted by atomic mass is 19.1. The van der Waals surface area contributed by atoms with Crippen molar-refractivity contribution in [2.45, 2.75) is 19.8 Å². The Balaban J connectivity index is 2.53. The third-order valence-corrected chi connectivity index (χ3v) is 3.38. The Labute approximate surface area is 123 Å². The first kappa shape index (κ1) is 15.0. The van der Waals surface area contributed by atoms with Gasteiger partial charge in [-0.2, -0.15) is 0 Å². The second-order valence-corrected chi connectivity index (χ2v) is 4.82. The fraction of sp³-hybridized carbons (Fsp3) is 0.235. The fourth-order valence-corrected chi connectivity index (χ4v) is 2.30. The van der Waals surface area contributed by atoms with Crippen molar-refractivity contribution in [3.63, 3.8) is 0 Å². The summed E-state index contributed by atoms with van der Waals surface area (Å²) < 4.78 is 18.9. The van der Waals surface area contributed by atoms with E-state index in [-0.39, 0.29) is 12.3 Å². The number of rotatable bonds is 4. The number of carbonyl (C=O) groups excluding carboxylic acids is 1. The molecule has 0 saturated heterocycles. The van der Waals surface area contributed by atoms with Gasteiger partial charge in [0, 0.05) is 0 Å². The zero-order valence-corrected chi connectivity index (χ0v) is 12.1. The summed E-state index contributed by atoms with van der Waals surface area (Å²) in [5.41, 5.74) is 7.86. The number of benzene rings is 2. The van der Waals surface area contributed by atoms with Crippen LogP contribution < -0.4 is 5.73 Å².